The maximum absolute atomic E-state index is 14.0. The lowest BCUT2D eigenvalue weighted by Gasteiger charge is -2.19. The Hall–Kier alpha value is -5.33. The summed E-state index contributed by atoms with van der Waals surface area (Å²) in [5, 5.41) is 14.7. The van der Waals surface area contributed by atoms with Gasteiger partial charge in [-0.2, -0.15) is 13.2 Å². The second kappa shape index (κ2) is 11.0. The number of hydrogen-bond acceptors (Lipinski definition) is 7. The first-order valence-corrected chi connectivity index (χ1v) is 13.8. The van der Waals surface area contributed by atoms with E-state index in [0.29, 0.717) is 39.0 Å². The summed E-state index contributed by atoms with van der Waals surface area (Å²) in [4.78, 5) is 27.3. The number of fused-ring (bicyclic) bond motifs is 1. The van der Waals surface area contributed by atoms with Crippen LogP contribution in [0.2, 0.25) is 0 Å². The van der Waals surface area contributed by atoms with E-state index in [9.17, 15) is 31.9 Å². The van der Waals surface area contributed by atoms with Crippen molar-refractivity contribution in [2.75, 3.05) is 29.0 Å². The van der Waals surface area contributed by atoms with Crippen molar-refractivity contribution in [3.63, 3.8) is 0 Å². The van der Waals surface area contributed by atoms with Crippen LogP contribution in [-0.2, 0) is 6.18 Å². The van der Waals surface area contributed by atoms with Gasteiger partial charge in [0.2, 0.25) is 5.95 Å². The molecule has 2 aromatic heterocycles. The maximum atomic E-state index is 14.0. The van der Waals surface area contributed by atoms with Crippen LogP contribution in [0.5, 0.6) is 5.75 Å². The number of carbonyl (C=O) groups is 1. The van der Waals surface area contributed by atoms with Crippen molar-refractivity contribution in [3.8, 4) is 28.0 Å². The largest absolute Gasteiger partial charge is 0.507 e. The molecule has 1 fully saturated rings. The van der Waals surface area contributed by atoms with Crippen LogP contribution in [0.1, 0.15) is 27.9 Å². The van der Waals surface area contributed by atoms with Gasteiger partial charge in [0, 0.05) is 47.6 Å². The van der Waals surface area contributed by atoms with Crippen LogP contribution in [0.15, 0.2) is 73.1 Å². The van der Waals surface area contributed by atoms with E-state index in [0.717, 1.165) is 12.1 Å². The number of alkyl halides is 5. The van der Waals surface area contributed by atoms with Crippen LogP contribution in [0, 0.1) is 6.92 Å². The number of aryl methyl sites for hydroxylation is 1. The molecule has 1 aliphatic rings. The number of aromatic nitrogens is 3. The second-order valence-corrected chi connectivity index (χ2v) is 10.8. The fourth-order valence-electron chi connectivity index (χ4n) is 5.37. The Labute approximate surface area is 253 Å². The molecule has 1 amide bonds. The molecule has 45 heavy (non-hydrogen) atoms. The number of carbonyl (C=O) groups excluding carboxylic acids is 1. The number of phenolic OH excluding ortho intramolecular Hbond substituents is 1. The Morgan fingerprint density at radius 3 is 2.58 bits per heavy atom. The quantitative estimate of drug-likeness (QED) is 0.180. The molecule has 0 saturated carbocycles. The molecule has 0 radical (unpaired) electrons. The van der Waals surface area contributed by atoms with Gasteiger partial charge in [-0.15, -0.1) is 0 Å². The van der Waals surface area contributed by atoms with Crippen LogP contribution in [0.3, 0.4) is 0 Å². The number of rotatable bonds is 5. The molecule has 0 aliphatic carbocycles. The molecule has 1 aliphatic heterocycles. The van der Waals surface area contributed by atoms with Crippen LogP contribution >= 0.6 is 0 Å². The van der Waals surface area contributed by atoms with Gasteiger partial charge in [-0.25, -0.2) is 23.7 Å². The molecule has 1 saturated heterocycles. The predicted molar refractivity (Wildman–Crippen MR) is 160 cm³/mol. The van der Waals surface area contributed by atoms with E-state index in [1.165, 1.54) is 41.6 Å². The number of halogens is 5. The molecule has 3 aromatic carbocycles. The average molecular weight is 621 g/mol. The smallest absolute Gasteiger partial charge is 0.416 e. The Bertz CT molecular complexity index is 1960. The van der Waals surface area contributed by atoms with Gasteiger partial charge in [-0.1, -0.05) is 12.1 Å². The van der Waals surface area contributed by atoms with Crippen molar-refractivity contribution in [1.29, 1.82) is 0 Å². The second-order valence-electron chi connectivity index (χ2n) is 10.8. The molecule has 13 heteroatoms. The molecular formula is C32H25F5N6O2. The molecule has 0 unspecified atom stereocenters. The summed E-state index contributed by atoms with van der Waals surface area (Å²) in [6.07, 6.45) is -1.95. The minimum atomic E-state index is -4.58. The third-order valence-corrected chi connectivity index (χ3v) is 7.63. The first-order valence-electron chi connectivity index (χ1n) is 13.8. The van der Waals surface area contributed by atoms with Crippen molar-refractivity contribution in [2.24, 2.45) is 0 Å². The Balaban J connectivity index is 1.43. The molecule has 6 rings (SSSR count). The zero-order valence-electron chi connectivity index (χ0n) is 23.7. The molecule has 0 bridgehead atoms. The van der Waals surface area contributed by atoms with Gasteiger partial charge in [0.05, 0.1) is 23.2 Å². The summed E-state index contributed by atoms with van der Waals surface area (Å²) >= 11 is 0. The van der Waals surface area contributed by atoms with Crippen molar-refractivity contribution < 1.29 is 31.9 Å². The van der Waals surface area contributed by atoms with Gasteiger partial charge in [-0.3, -0.25) is 4.79 Å². The number of phenols is 1. The molecule has 4 N–H and O–H groups in total. The van der Waals surface area contributed by atoms with E-state index in [2.05, 4.69) is 20.3 Å². The van der Waals surface area contributed by atoms with Crippen molar-refractivity contribution in [3.05, 3.63) is 89.7 Å². The lowest BCUT2D eigenvalue weighted by Crippen LogP contribution is -2.25. The van der Waals surface area contributed by atoms with Crippen LogP contribution in [-0.4, -0.2) is 45.0 Å². The lowest BCUT2D eigenvalue weighted by atomic mass is 9.91. The fourth-order valence-corrected chi connectivity index (χ4v) is 5.37. The highest BCUT2D eigenvalue weighted by Gasteiger charge is 2.39. The summed E-state index contributed by atoms with van der Waals surface area (Å²) in [5.74, 6) is -3.47. The van der Waals surface area contributed by atoms with E-state index in [4.69, 9.17) is 5.73 Å². The zero-order valence-corrected chi connectivity index (χ0v) is 23.7. The number of anilines is 3. The number of nitrogens with two attached hydrogens (primary N) is 1. The van der Waals surface area contributed by atoms with Gasteiger partial charge in [0.1, 0.15) is 11.6 Å². The number of amides is 1. The Kier molecular flexibility index (Phi) is 7.26. The van der Waals surface area contributed by atoms with E-state index >= 15 is 0 Å². The normalized spacial score (nSPS) is 14.6. The van der Waals surface area contributed by atoms with Crippen molar-refractivity contribution in [1.82, 2.24) is 15.0 Å². The molecule has 3 heterocycles. The number of aromatic hydroxyl groups is 1. The number of hydrogen-bond donors (Lipinski definition) is 3. The SMILES string of the molecule is Cc1ccc(C(=O)Nc2cccc(C(F)(F)F)c2)cc1-c1cc2cnc(N)nc2c(-c2ccnc(N3CCC(F)(F)C3)c2)c1O. The third kappa shape index (κ3) is 5.93. The summed E-state index contributed by atoms with van der Waals surface area (Å²) < 4.78 is 67.5. The minimum absolute atomic E-state index is 0.0354. The average Bonchev–Trinajstić information content (AvgIpc) is 3.36. The van der Waals surface area contributed by atoms with Crippen LogP contribution < -0.4 is 16.0 Å². The minimum Gasteiger partial charge on any atom is -0.507 e. The Morgan fingerprint density at radius 2 is 1.84 bits per heavy atom. The Morgan fingerprint density at radius 1 is 1.04 bits per heavy atom. The maximum Gasteiger partial charge on any atom is 0.416 e. The summed E-state index contributed by atoms with van der Waals surface area (Å²) in [5.41, 5.74) is 7.52. The zero-order chi connectivity index (χ0) is 32.1. The van der Waals surface area contributed by atoms with Gasteiger partial charge < -0.3 is 21.1 Å². The van der Waals surface area contributed by atoms with Gasteiger partial charge in [0.15, 0.2) is 0 Å². The standard InChI is InChI=1S/C32H25F5N6O2/c1-17-5-6-19(29(45)41-22-4-2-3-21(14-22)32(35,36)37)11-23(17)24-12-20-15-40-30(38)42-27(20)26(28(24)44)18-7-9-39-25(13-18)43-10-8-31(33,34)16-43/h2-7,9,11-15,44H,8,10,16H2,1H3,(H,41,45)(H2,38,40,42). The molecular weight excluding hydrogens is 595 g/mol. The van der Waals surface area contributed by atoms with Crippen molar-refractivity contribution >= 4 is 34.3 Å². The summed E-state index contributed by atoms with van der Waals surface area (Å²) in [6.45, 7) is 1.39. The summed E-state index contributed by atoms with van der Waals surface area (Å²) in [7, 11) is 0. The predicted octanol–water partition coefficient (Wildman–Crippen LogP) is 7.07. The van der Waals surface area contributed by atoms with Gasteiger partial charge in [0.25, 0.3) is 11.8 Å². The first-order chi connectivity index (χ1) is 21.3. The molecule has 230 valence electrons. The van der Waals surface area contributed by atoms with Crippen LogP contribution in [0.25, 0.3) is 33.2 Å². The lowest BCUT2D eigenvalue weighted by molar-refractivity contribution is -0.137. The third-order valence-electron chi connectivity index (χ3n) is 7.63. The van der Waals surface area contributed by atoms with Gasteiger partial charge in [-0.05, 0) is 72.1 Å². The van der Waals surface area contributed by atoms with E-state index in [1.54, 1.807) is 31.2 Å². The topological polar surface area (TPSA) is 117 Å². The molecule has 0 atom stereocenters. The molecule has 8 nitrogen and oxygen atoms in total. The van der Waals surface area contributed by atoms with E-state index in [-0.39, 0.29) is 41.5 Å². The summed E-state index contributed by atoms with van der Waals surface area (Å²) in [6, 6.07) is 13.8. The molecule has 0 spiro atoms. The highest BCUT2D eigenvalue weighted by Crippen LogP contribution is 2.45. The number of nitrogens with zero attached hydrogens (tertiary/aromatic N) is 4. The fraction of sp³-hybridized carbons (Fsp3) is 0.188. The van der Waals surface area contributed by atoms with Crippen LogP contribution in [0.4, 0.5) is 39.4 Å². The first kappa shape index (κ1) is 29.7. The monoisotopic (exact) mass is 620 g/mol. The number of nitrogen functional groups attached to an aromatic ring is 1. The number of benzene rings is 3. The van der Waals surface area contributed by atoms with E-state index in [1.807, 2.05) is 0 Å². The number of pyridine rings is 1. The van der Waals surface area contributed by atoms with Crippen molar-refractivity contribution in [2.45, 2.75) is 25.4 Å². The van der Waals surface area contributed by atoms with Gasteiger partial charge >= 0.3 is 6.18 Å². The highest BCUT2D eigenvalue weighted by atomic mass is 19.4. The number of nitrogens with one attached hydrogen (secondary N) is 1. The molecule has 5 aromatic rings. The van der Waals surface area contributed by atoms with E-state index < -0.39 is 30.1 Å². The highest BCUT2D eigenvalue weighted by molar-refractivity contribution is 6.06.